The van der Waals surface area contributed by atoms with Crippen LogP contribution in [0.25, 0.3) is 10.9 Å². The van der Waals surface area contributed by atoms with Crippen molar-refractivity contribution in [2.24, 2.45) is 0 Å². The summed E-state index contributed by atoms with van der Waals surface area (Å²) in [6.45, 7) is 2.48. The molecule has 1 aliphatic heterocycles. The molecule has 1 N–H and O–H groups in total. The smallest absolute Gasteiger partial charge is 0.259 e. The minimum Gasteiger partial charge on any atom is -0.368 e. The van der Waals surface area contributed by atoms with Gasteiger partial charge in [-0.15, -0.1) is 0 Å². The van der Waals surface area contributed by atoms with Crippen LogP contribution in [0.5, 0.6) is 0 Å². The number of rotatable bonds is 2. The molecular weight excluding hydrogens is 333 g/mol. The molecule has 0 unspecified atom stereocenters. The van der Waals surface area contributed by atoms with Gasteiger partial charge in [-0.25, -0.2) is 4.39 Å². The van der Waals surface area contributed by atoms with Crippen molar-refractivity contribution in [1.29, 1.82) is 0 Å². The number of hydrogen-bond acceptors (Lipinski definition) is 3. The van der Waals surface area contributed by atoms with Crippen LogP contribution in [0.2, 0.25) is 0 Å². The lowest BCUT2D eigenvalue weighted by Crippen LogP contribution is -2.49. The second-order valence-corrected chi connectivity index (χ2v) is 6.34. The number of anilines is 1. The second-order valence-electron chi connectivity index (χ2n) is 6.34. The highest BCUT2D eigenvalue weighted by Crippen LogP contribution is 2.17. The average Bonchev–Trinajstić information content (AvgIpc) is 2.69. The molecule has 1 amide bonds. The van der Waals surface area contributed by atoms with Crippen molar-refractivity contribution in [2.75, 3.05) is 31.1 Å². The van der Waals surface area contributed by atoms with Crippen LogP contribution in [0, 0.1) is 5.82 Å². The van der Waals surface area contributed by atoms with Crippen molar-refractivity contribution < 1.29 is 9.18 Å². The lowest BCUT2D eigenvalue weighted by Gasteiger charge is -2.36. The highest BCUT2D eigenvalue weighted by Gasteiger charge is 2.24. The molecule has 1 aromatic heterocycles. The standard InChI is InChI=1S/C20H18FN3O2/c21-14-6-7-18-16(12-14)19(25)17(13-22-18)20(26)24-10-8-23(9-11-24)15-4-2-1-3-5-15/h1-7,12-13H,8-11H2,(H,22,25). The molecule has 3 aromatic rings. The van der Waals surface area contributed by atoms with Gasteiger partial charge in [0.15, 0.2) is 0 Å². The van der Waals surface area contributed by atoms with Gasteiger partial charge in [-0.05, 0) is 30.3 Å². The number of pyridine rings is 1. The summed E-state index contributed by atoms with van der Waals surface area (Å²) in [5.74, 6) is -0.811. The molecule has 1 saturated heterocycles. The Kier molecular flexibility index (Phi) is 4.16. The van der Waals surface area contributed by atoms with Crippen LogP contribution in [0.1, 0.15) is 10.4 Å². The van der Waals surface area contributed by atoms with Gasteiger partial charge in [-0.1, -0.05) is 18.2 Å². The van der Waals surface area contributed by atoms with E-state index in [0.29, 0.717) is 31.7 Å². The van der Waals surface area contributed by atoms with Crippen LogP contribution >= 0.6 is 0 Å². The van der Waals surface area contributed by atoms with Gasteiger partial charge in [0, 0.05) is 49.0 Å². The molecule has 1 aliphatic rings. The maximum atomic E-state index is 13.5. The SMILES string of the molecule is O=C(c1c[nH]c2ccc(F)cc2c1=O)N1CCN(c2ccccc2)CC1. The third kappa shape index (κ3) is 2.94. The van der Waals surface area contributed by atoms with E-state index in [4.69, 9.17) is 0 Å². The highest BCUT2D eigenvalue weighted by atomic mass is 19.1. The molecule has 26 heavy (non-hydrogen) atoms. The molecule has 0 saturated carbocycles. The lowest BCUT2D eigenvalue weighted by atomic mass is 10.1. The Balaban J connectivity index is 1.55. The van der Waals surface area contributed by atoms with Gasteiger partial charge < -0.3 is 14.8 Å². The average molecular weight is 351 g/mol. The summed E-state index contributed by atoms with van der Waals surface area (Å²) in [5, 5.41) is 0.193. The molecule has 6 heteroatoms. The van der Waals surface area contributed by atoms with Crippen LogP contribution in [0.4, 0.5) is 10.1 Å². The molecule has 0 spiro atoms. The highest BCUT2D eigenvalue weighted by molar-refractivity contribution is 5.97. The summed E-state index contributed by atoms with van der Waals surface area (Å²) in [5.41, 5.74) is 1.26. The minimum absolute atomic E-state index is 0.0521. The molecule has 0 bridgehead atoms. The number of benzene rings is 2. The molecule has 0 radical (unpaired) electrons. The van der Waals surface area contributed by atoms with Gasteiger partial charge in [-0.2, -0.15) is 0 Å². The molecule has 2 aromatic carbocycles. The van der Waals surface area contributed by atoms with E-state index in [1.165, 1.54) is 18.3 Å². The topological polar surface area (TPSA) is 56.4 Å². The van der Waals surface area contributed by atoms with Gasteiger partial charge in [0.25, 0.3) is 5.91 Å². The Hall–Kier alpha value is -3.15. The molecular formula is C20H18FN3O2. The third-order valence-corrected chi connectivity index (χ3v) is 4.76. The van der Waals surface area contributed by atoms with Crippen LogP contribution in [-0.4, -0.2) is 42.0 Å². The first-order chi connectivity index (χ1) is 12.6. The van der Waals surface area contributed by atoms with E-state index >= 15 is 0 Å². The number of carbonyl (C=O) groups is 1. The van der Waals surface area contributed by atoms with E-state index in [0.717, 1.165) is 11.8 Å². The number of amides is 1. The number of aromatic nitrogens is 1. The first-order valence-corrected chi connectivity index (χ1v) is 8.54. The van der Waals surface area contributed by atoms with Crippen LogP contribution in [0.15, 0.2) is 59.5 Å². The van der Waals surface area contributed by atoms with Crippen molar-refractivity contribution in [1.82, 2.24) is 9.88 Å². The number of hydrogen-bond donors (Lipinski definition) is 1. The molecule has 132 valence electrons. The number of nitrogens with one attached hydrogen (secondary N) is 1. The van der Waals surface area contributed by atoms with Gasteiger partial charge in [0.2, 0.25) is 5.43 Å². The summed E-state index contributed by atoms with van der Waals surface area (Å²) in [6.07, 6.45) is 1.43. The molecule has 0 aliphatic carbocycles. The fourth-order valence-electron chi connectivity index (χ4n) is 3.33. The number of H-pyrrole nitrogens is 1. The Bertz CT molecular complexity index is 1010. The van der Waals surface area contributed by atoms with E-state index in [1.54, 1.807) is 4.90 Å². The number of nitrogens with zero attached hydrogens (tertiary/aromatic N) is 2. The van der Waals surface area contributed by atoms with Crippen molar-refractivity contribution >= 4 is 22.5 Å². The van der Waals surface area contributed by atoms with Crippen molar-refractivity contribution in [3.8, 4) is 0 Å². The summed E-state index contributed by atoms with van der Waals surface area (Å²) in [7, 11) is 0. The normalized spacial score (nSPS) is 14.7. The van der Waals surface area contributed by atoms with E-state index in [2.05, 4.69) is 9.88 Å². The second kappa shape index (κ2) is 6.63. The number of halogens is 1. The van der Waals surface area contributed by atoms with Crippen LogP contribution in [0.3, 0.4) is 0 Å². The lowest BCUT2D eigenvalue weighted by molar-refractivity contribution is 0.0745. The molecule has 1 fully saturated rings. The van der Waals surface area contributed by atoms with E-state index in [9.17, 15) is 14.0 Å². The zero-order chi connectivity index (χ0) is 18.1. The summed E-state index contributed by atoms with van der Waals surface area (Å²) in [4.78, 5) is 32.2. The van der Waals surface area contributed by atoms with Gasteiger partial charge in [0.05, 0.1) is 0 Å². The quantitative estimate of drug-likeness (QED) is 0.772. The fourth-order valence-corrected chi connectivity index (χ4v) is 3.33. The third-order valence-electron chi connectivity index (χ3n) is 4.76. The van der Waals surface area contributed by atoms with E-state index in [-0.39, 0.29) is 16.9 Å². The maximum Gasteiger partial charge on any atom is 0.259 e. The largest absolute Gasteiger partial charge is 0.368 e. The Labute approximate surface area is 149 Å². The first-order valence-electron chi connectivity index (χ1n) is 8.54. The Morgan fingerprint density at radius 1 is 1.00 bits per heavy atom. The van der Waals surface area contributed by atoms with E-state index < -0.39 is 11.2 Å². The minimum atomic E-state index is -0.496. The van der Waals surface area contributed by atoms with Crippen molar-refractivity contribution in [2.45, 2.75) is 0 Å². The Morgan fingerprint density at radius 3 is 2.46 bits per heavy atom. The molecule has 0 atom stereocenters. The van der Waals surface area contributed by atoms with Crippen LogP contribution < -0.4 is 10.3 Å². The number of fused-ring (bicyclic) bond motifs is 1. The number of para-hydroxylation sites is 1. The van der Waals surface area contributed by atoms with Crippen molar-refractivity contribution in [3.05, 3.63) is 76.3 Å². The summed E-state index contributed by atoms with van der Waals surface area (Å²) < 4.78 is 13.5. The Morgan fingerprint density at radius 2 is 1.73 bits per heavy atom. The van der Waals surface area contributed by atoms with Crippen LogP contribution in [-0.2, 0) is 0 Å². The number of carbonyl (C=O) groups excluding carboxylic acids is 1. The summed E-state index contributed by atoms with van der Waals surface area (Å²) in [6, 6.07) is 14.0. The zero-order valence-corrected chi connectivity index (χ0v) is 14.1. The van der Waals surface area contributed by atoms with Gasteiger partial charge in [-0.3, -0.25) is 9.59 Å². The molecule has 2 heterocycles. The van der Waals surface area contributed by atoms with Crippen molar-refractivity contribution in [3.63, 3.8) is 0 Å². The predicted octanol–water partition coefficient (Wildman–Crippen LogP) is 2.63. The number of aromatic amines is 1. The molecule has 5 nitrogen and oxygen atoms in total. The fraction of sp³-hybridized carbons (Fsp3) is 0.200. The van der Waals surface area contributed by atoms with Gasteiger partial charge >= 0.3 is 0 Å². The van der Waals surface area contributed by atoms with Gasteiger partial charge in [0.1, 0.15) is 11.4 Å². The predicted molar refractivity (Wildman–Crippen MR) is 99.1 cm³/mol. The monoisotopic (exact) mass is 351 g/mol. The van der Waals surface area contributed by atoms with E-state index in [1.807, 2.05) is 30.3 Å². The first kappa shape index (κ1) is 16.3. The number of piperazine rings is 1. The summed E-state index contributed by atoms with van der Waals surface area (Å²) >= 11 is 0. The molecule has 4 rings (SSSR count). The zero-order valence-electron chi connectivity index (χ0n) is 14.1. The maximum absolute atomic E-state index is 13.5.